The van der Waals surface area contributed by atoms with Crippen LogP contribution < -0.4 is 5.32 Å². The van der Waals surface area contributed by atoms with Gasteiger partial charge in [-0.15, -0.1) is 5.10 Å². The largest absolute Gasteiger partial charge is 0.322 e. The summed E-state index contributed by atoms with van der Waals surface area (Å²) in [4.78, 5) is 13.2. The normalized spacial score (nSPS) is 13.5. The molecule has 0 aliphatic heterocycles. The topological polar surface area (TPSA) is 90.5 Å². The highest BCUT2D eigenvalue weighted by atomic mass is 16.1. The fourth-order valence-electron chi connectivity index (χ4n) is 3.86. The number of carbonyl (C=O) groups excluding carboxylic acids is 1. The van der Waals surface area contributed by atoms with E-state index in [0.29, 0.717) is 17.3 Å². The summed E-state index contributed by atoms with van der Waals surface area (Å²) < 4.78 is 3.71. The monoisotopic (exact) mass is 427 g/mol. The molecule has 8 heteroatoms. The first-order valence-corrected chi connectivity index (χ1v) is 10.9. The van der Waals surface area contributed by atoms with Crippen molar-refractivity contribution in [2.75, 3.05) is 5.32 Å². The van der Waals surface area contributed by atoms with Crippen molar-refractivity contribution < 1.29 is 4.79 Å². The van der Waals surface area contributed by atoms with Crippen molar-refractivity contribution in [1.29, 1.82) is 0 Å². The molecular formula is C24H25N7O. The van der Waals surface area contributed by atoms with Crippen LogP contribution in [0.25, 0.3) is 17.1 Å². The predicted molar refractivity (Wildman–Crippen MR) is 122 cm³/mol. The van der Waals surface area contributed by atoms with Gasteiger partial charge < -0.3 is 5.32 Å². The lowest BCUT2D eigenvalue weighted by Crippen LogP contribution is -2.15. The molecular weight excluding hydrogens is 402 g/mol. The highest BCUT2D eigenvalue weighted by Gasteiger charge is 2.28. The van der Waals surface area contributed by atoms with Gasteiger partial charge in [0.15, 0.2) is 5.82 Å². The van der Waals surface area contributed by atoms with E-state index in [4.69, 9.17) is 0 Å². The molecule has 2 aromatic carbocycles. The molecule has 1 aliphatic carbocycles. The smallest absolute Gasteiger partial charge is 0.259 e. The van der Waals surface area contributed by atoms with Crippen molar-refractivity contribution in [2.45, 2.75) is 45.6 Å². The molecule has 1 aliphatic rings. The number of nitrogens with zero attached hydrogens (tertiary/aromatic N) is 6. The Bertz CT molecular complexity index is 1270. The van der Waals surface area contributed by atoms with Gasteiger partial charge in [0.1, 0.15) is 0 Å². The second-order valence-corrected chi connectivity index (χ2v) is 8.56. The molecule has 0 radical (unpaired) electrons. The molecule has 0 bridgehead atoms. The molecule has 0 spiro atoms. The van der Waals surface area contributed by atoms with Crippen LogP contribution in [0.4, 0.5) is 5.69 Å². The molecule has 1 amide bonds. The molecule has 32 heavy (non-hydrogen) atoms. The van der Waals surface area contributed by atoms with Crippen LogP contribution in [0.2, 0.25) is 0 Å². The van der Waals surface area contributed by atoms with Crippen LogP contribution in [0.1, 0.15) is 60.3 Å². The minimum Gasteiger partial charge on any atom is -0.322 e. The number of aromatic nitrogens is 6. The summed E-state index contributed by atoms with van der Waals surface area (Å²) in [5, 5.41) is 19.7. The third kappa shape index (κ3) is 3.79. The molecule has 8 nitrogen and oxygen atoms in total. The Kier molecular flexibility index (Phi) is 5.05. The van der Waals surface area contributed by atoms with Gasteiger partial charge in [-0.2, -0.15) is 5.10 Å². The predicted octanol–water partition coefficient (Wildman–Crippen LogP) is 4.54. The number of carbonyl (C=O) groups is 1. The average molecular weight is 428 g/mol. The molecule has 0 unspecified atom stereocenters. The maximum atomic E-state index is 13.2. The second kappa shape index (κ2) is 8.03. The minimum atomic E-state index is -0.189. The summed E-state index contributed by atoms with van der Waals surface area (Å²) in [7, 11) is 0. The number of nitrogens with one attached hydrogen (secondary N) is 1. The zero-order valence-electron chi connectivity index (χ0n) is 18.4. The van der Waals surface area contributed by atoms with E-state index in [-0.39, 0.29) is 11.8 Å². The van der Waals surface area contributed by atoms with Crippen molar-refractivity contribution in [3.63, 3.8) is 0 Å². The average Bonchev–Trinajstić information content (AvgIpc) is 3.33. The number of aryl methyl sites for hydroxylation is 1. The van der Waals surface area contributed by atoms with Gasteiger partial charge in [-0.3, -0.25) is 4.79 Å². The van der Waals surface area contributed by atoms with Crippen molar-refractivity contribution in [3.8, 4) is 17.1 Å². The molecule has 2 aromatic heterocycles. The fourth-order valence-corrected chi connectivity index (χ4v) is 3.86. The third-order valence-electron chi connectivity index (χ3n) is 5.64. The molecule has 0 atom stereocenters. The Morgan fingerprint density at radius 1 is 1.12 bits per heavy atom. The first-order chi connectivity index (χ1) is 15.5. The molecule has 5 rings (SSSR count). The van der Waals surface area contributed by atoms with E-state index in [2.05, 4.69) is 39.8 Å². The lowest BCUT2D eigenvalue weighted by atomic mass is 10.0. The molecule has 1 N–H and O–H groups in total. The van der Waals surface area contributed by atoms with E-state index >= 15 is 0 Å². The van der Waals surface area contributed by atoms with Gasteiger partial charge in [-0.1, -0.05) is 43.7 Å². The van der Waals surface area contributed by atoms with Gasteiger partial charge in [-0.25, -0.2) is 9.36 Å². The summed E-state index contributed by atoms with van der Waals surface area (Å²) in [6.07, 6.45) is 3.83. The highest BCUT2D eigenvalue weighted by molar-refractivity contribution is 6.05. The molecule has 1 saturated carbocycles. The first kappa shape index (κ1) is 20.1. The van der Waals surface area contributed by atoms with E-state index in [1.54, 1.807) is 6.20 Å². The van der Waals surface area contributed by atoms with E-state index in [9.17, 15) is 4.79 Å². The van der Waals surface area contributed by atoms with E-state index in [1.165, 1.54) is 5.56 Å². The van der Waals surface area contributed by atoms with Crippen LogP contribution in [-0.4, -0.2) is 35.9 Å². The Morgan fingerprint density at radius 2 is 1.91 bits per heavy atom. The molecule has 1 fully saturated rings. The van der Waals surface area contributed by atoms with E-state index < -0.39 is 0 Å². The molecule has 4 aromatic rings. The van der Waals surface area contributed by atoms with Gasteiger partial charge in [-0.05, 0) is 60.4 Å². The minimum absolute atomic E-state index is 0.119. The van der Waals surface area contributed by atoms with Crippen LogP contribution in [0.3, 0.4) is 0 Å². The zero-order chi connectivity index (χ0) is 22.2. The summed E-state index contributed by atoms with van der Waals surface area (Å²) in [6.45, 7) is 6.18. The van der Waals surface area contributed by atoms with Crippen LogP contribution in [-0.2, 0) is 0 Å². The maximum absolute atomic E-state index is 13.2. The summed E-state index contributed by atoms with van der Waals surface area (Å²) in [5.74, 6) is 0.652. The second-order valence-electron chi connectivity index (χ2n) is 8.56. The van der Waals surface area contributed by atoms with Crippen molar-refractivity contribution in [2.24, 2.45) is 0 Å². The lowest BCUT2D eigenvalue weighted by molar-refractivity contribution is 0.102. The van der Waals surface area contributed by atoms with Crippen LogP contribution in [0, 0.1) is 6.92 Å². The van der Waals surface area contributed by atoms with E-state index in [1.807, 2.05) is 64.8 Å². The Hall–Kier alpha value is -3.81. The van der Waals surface area contributed by atoms with Gasteiger partial charge in [0, 0.05) is 11.3 Å². The third-order valence-corrected chi connectivity index (χ3v) is 5.64. The molecule has 2 heterocycles. The van der Waals surface area contributed by atoms with Gasteiger partial charge >= 0.3 is 0 Å². The lowest BCUT2D eigenvalue weighted by Gasteiger charge is -2.13. The number of rotatable bonds is 6. The summed E-state index contributed by atoms with van der Waals surface area (Å²) in [5.41, 5.74) is 5.12. The number of anilines is 1. The van der Waals surface area contributed by atoms with Crippen LogP contribution in [0.5, 0.6) is 0 Å². The Labute approximate surface area is 186 Å². The van der Waals surface area contributed by atoms with Gasteiger partial charge in [0.25, 0.3) is 5.91 Å². The van der Waals surface area contributed by atoms with E-state index in [0.717, 1.165) is 35.6 Å². The maximum Gasteiger partial charge on any atom is 0.259 e. The standard InChI is InChI=1S/C24H25N7O/c1-15(2)22-21(14-25-30(22)19-9-7-16(3)8-10-19)24(32)26-18-6-4-5-17(13-18)23-27-28-29-31(23)20-11-12-20/h4-10,13-15,20H,11-12H2,1-3H3,(H,26,32). The van der Waals surface area contributed by atoms with Crippen molar-refractivity contribution in [3.05, 3.63) is 71.5 Å². The Morgan fingerprint density at radius 3 is 2.62 bits per heavy atom. The SMILES string of the molecule is Cc1ccc(-n2ncc(C(=O)Nc3cccc(-c4nnnn4C4CC4)c3)c2C(C)C)cc1. The van der Waals surface area contributed by atoms with Crippen molar-refractivity contribution >= 4 is 11.6 Å². The van der Waals surface area contributed by atoms with Gasteiger partial charge in [0.2, 0.25) is 0 Å². The summed E-state index contributed by atoms with van der Waals surface area (Å²) >= 11 is 0. The van der Waals surface area contributed by atoms with Crippen LogP contribution >= 0.6 is 0 Å². The van der Waals surface area contributed by atoms with Crippen LogP contribution in [0.15, 0.2) is 54.7 Å². The molecule has 162 valence electrons. The fraction of sp³-hybridized carbons (Fsp3) is 0.292. The first-order valence-electron chi connectivity index (χ1n) is 10.9. The highest BCUT2D eigenvalue weighted by Crippen LogP contribution is 2.37. The van der Waals surface area contributed by atoms with Gasteiger partial charge in [0.05, 0.1) is 29.2 Å². The summed E-state index contributed by atoms with van der Waals surface area (Å²) in [6, 6.07) is 16.1. The quantitative estimate of drug-likeness (QED) is 0.488. The number of tetrazole rings is 1. The zero-order valence-corrected chi connectivity index (χ0v) is 18.4. The van der Waals surface area contributed by atoms with Crippen molar-refractivity contribution in [1.82, 2.24) is 30.0 Å². The number of amides is 1. The number of hydrogen-bond donors (Lipinski definition) is 1. The number of benzene rings is 2. The molecule has 0 saturated heterocycles. The Balaban J connectivity index is 1.43. The number of hydrogen-bond acceptors (Lipinski definition) is 5.